The number of nitrogens with zero attached hydrogens (tertiary/aromatic N) is 4. The normalized spacial score (nSPS) is 12.0. The highest BCUT2D eigenvalue weighted by atomic mass is 16.5. The Morgan fingerprint density at radius 1 is 0.400 bits per heavy atom. The summed E-state index contributed by atoms with van der Waals surface area (Å²) in [4.78, 5) is 5.14. The monoisotopic (exact) mass is 828 g/mol. The molecule has 0 spiro atoms. The standard InChI is InChI=1S/C60H36N4O/c1-5-21-45-41(17-1)42-18-3-7-23-47(42)52-28-13-31-56-59(52)63(55-30-10-9-25-49(45)55)37-62(56)38-15-11-16-39(35-38)65-40-32-33-50-53-27-12-26-51-46-22-6-2-19-43(46)44-20-4-8-24-48(44)54-29-14-34-61-60(54)64(58(51)53)57(50)36-40/h1-36H. The van der Waals surface area contributed by atoms with Gasteiger partial charge in [0.05, 0.1) is 33.4 Å². The fraction of sp³-hybridized carbons (Fsp3) is 0. The second-order valence-corrected chi connectivity index (χ2v) is 16.8. The van der Waals surface area contributed by atoms with Gasteiger partial charge in [0.2, 0.25) is 0 Å². The van der Waals surface area contributed by atoms with Crippen molar-refractivity contribution < 1.29 is 9.30 Å². The number of rotatable bonds is 3. The number of fused-ring (bicyclic) bond motifs is 17. The molecule has 0 fully saturated rings. The first-order valence-corrected chi connectivity index (χ1v) is 22.0. The van der Waals surface area contributed by atoms with Crippen LogP contribution < -0.4 is 9.30 Å². The minimum Gasteiger partial charge on any atom is -0.458 e. The number of ether oxygens (including phenoxy) is 1. The zero-order valence-electron chi connectivity index (χ0n) is 35.0. The van der Waals surface area contributed by atoms with Crippen LogP contribution >= 0.6 is 0 Å². The molecule has 0 radical (unpaired) electrons. The first kappa shape index (κ1) is 35.8. The molecule has 14 rings (SSSR count). The summed E-state index contributed by atoms with van der Waals surface area (Å²) in [5.41, 5.74) is 14.3. The third-order valence-corrected chi connectivity index (χ3v) is 13.3. The van der Waals surface area contributed by atoms with Gasteiger partial charge in [0.15, 0.2) is 0 Å². The number of pyridine rings is 1. The van der Waals surface area contributed by atoms with Crippen LogP contribution in [0.15, 0.2) is 219 Å². The van der Waals surface area contributed by atoms with Crippen LogP contribution in [0, 0.1) is 6.33 Å². The van der Waals surface area contributed by atoms with Crippen LogP contribution in [0.4, 0.5) is 0 Å². The van der Waals surface area contributed by atoms with Crippen molar-refractivity contribution in [3.63, 3.8) is 0 Å². The zero-order chi connectivity index (χ0) is 42.6. The van der Waals surface area contributed by atoms with E-state index in [1.54, 1.807) is 0 Å². The molecule has 1 aliphatic rings. The molecule has 0 amide bonds. The maximum Gasteiger partial charge on any atom is 0.269 e. The number of para-hydroxylation sites is 3. The van der Waals surface area contributed by atoms with Gasteiger partial charge in [-0.1, -0.05) is 158 Å². The molecule has 302 valence electrons. The van der Waals surface area contributed by atoms with Crippen molar-refractivity contribution >= 4 is 70.8 Å². The summed E-state index contributed by atoms with van der Waals surface area (Å²) in [6.07, 6.45) is 5.72. The summed E-state index contributed by atoms with van der Waals surface area (Å²) in [6, 6.07) is 75.8. The van der Waals surface area contributed by atoms with Crippen molar-refractivity contribution in [1.29, 1.82) is 0 Å². The third-order valence-electron chi connectivity index (χ3n) is 13.3. The molecule has 0 bridgehead atoms. The highest BCUT2D eigenvalue weighted by Gasteiger charge is 2.24. The topological polar surface area (TPSA) is 35.3 Å². The Kier molecular flexibility index (Phi) is 7.62. The molecule has 9 aromatic carbocycles. The molecule has 5 nitrogen and oxygen atoms in total. The SMILES string of the molecule is [c-]1n(-c2cccc(Oc3ccc4c5cccc6c7ccccc7c7ccccc7c7cccnc7n(c4c3)c65)c2)c2cccc3c2[n+]1-c1ccccc1-c1ccccc1-c1ccccc1-3. The molecule has 1 aliphatic heterocycles. The van der Waals surface area contributed by atoms with Gasteiger partial charge in [-0.2, -0.15) is 0 Å². The number of benzene rings is 9. The first-order chi connectivity index (χ1) is 32.3. The van der Waals surface area contributed by atoms with Crippen LogP contribution in [0.2, 0.25) is 0 Å². The van der Waals surface area contributed by atoms with Crippen LogP contribution in [0.1, 0.15) is 0 Å². The van der Waals surface area contributed by atoms with E-state index in [0.29, 0.717) is 0 Å². The van der Waals surface area contributed by atoms with Crippen molar-refractivity contribution in [3.05, 3.63) is 225 Å². The van der Waals surface area contributed by atoms with Gasteiger partial charge in [0, 0.05) is 33.8 Å². The molecule has 0 N–H and O–H groups in total. The second kappa shape index (κ2) is 13.9. The summed E-state index contributed by atoms with van der Waals surface area (Å²) >= 11 is 0. The van der Waals surface area contributed by atoms with Gasteiger partial charge < -0.3 is 4.74 Å². The van der Waals surface area contributed by atoms with E-state index in [2.05, 4.69) is 220 Å². The van der Waals surface area contributed by atoms with Crippen molar-refractivity contribution in [3.8, 4) is 56.3 Å². The zero-order valence-corrected chi connectivity index (χ0v) is 35.0. The van der Waals surface area contributed by atoms with Crippen LogP contribution in [-0.2, 0) is 0 Å². The predicted octanol–water partition coefficient (Wildman–Crippen LogP) is 14.8. The summed E-state index contributed by atoms with van der Waals surface area (Å²) in [7, 11) is 0. The third kappa shape index (κ3) is 5.27. The molecule has 0 atom stereocenters. The Hall–Kier alpha value is -8.80. The average Bonchev–Trinajstić information content (AvgIpc) is 3.94. The Bertz CT molecular complexity index is 4180. The fourth-order valence-electron chi connectivity index (χ4n) is 10.6. The molecule has 5 heteroatoms. The molecule has 0 aliphatic carbocycles. The van der Waals surface area contributed by atoms with E-state index in [9.17, 15) is 0 Å². The van der Waals surface area contributed by atoms with E-state index in [4.69, 9.17) is 9.72 Å². The highest BCUT2D eigenvalue weighted by molar-refractivity contribution is 6.24. The summed E-state index contributed by atoms with van der Waals surface area (Å²) in [5.74, 6) is 1.46. The molecule has 4 aromatic heterocycles. The Morgan fingerprint density at radius 3 is 1.69 bits per heavy atom. The second-order valence-electron chi connectivity index (χ2n) is 16.8. The van der Waals surface area contributed by atoms with Crippen LogP contribution in [0.25, 0.3) is 116 Å². The lowest BCUT2D eigenvalue weighted by Crippen LogP contribution is -2.30. The lowest BCUT2D eigenvalue weighted by Gasteiger charge is -2.15. The van der Waals surface area contributed by atoms with E-state index >= 15 is 0 Å². The first-order valence-electron chi connectivity index (χ1n) is 22.0. The maximum absolute atomic E-state index is 6.89. The smallest absolute Gasteiger partial charge is 0.269 e. The van der Waals surface area contributed by atoms with E-state index in [0.717, 1.165) is 83.3 Å². The van der Waals surface area contributed by atoms with Gasteiger partial charge >= 0.3 is 0 Å². The van der Waals surface area contributed by atoms with E-state index in [1.165, 1.54) is 43.8 Å². The van der Waals surface area contributed by atoms with Gasteiger partial charge in [-0.05, 0) is 103 Å². The van der Waals surface area contributed by atoms with Crippen LogP contribution in [-0.4, -0.2) is 14.0 Å². The Balaban J connectivity index is 0.967. The maximum atomic E-state index is 6.89. The lowest BCUT2D eigenvalue weighted by atomic mass is 9.89. The van der Waals surface area contributed by atoms with Crippen molar-refractivity contribution in [2.75, 3.05) is 0 Å². The van der Waals surface area contributed by atoms with Gasteiger partial charge in [-0.25, -0.2) is 4.98 Å². The van der Waals surface area contributed by atoms with E-state index in [1.807, 2.05) is 18.3 Å². The van der Waals surface area contributed by atoms with Crippen LogP contribution in [0.5, 0.6) is 11.5 Å². The number of imidazole rings is 1. The number of hydrogen-bond acceptors (Lipinski definition) is 2. The molecule has 0 saturated heterocycles. The quantitative estimate of drug-likeness (QED) is 0.131. The Labute approximate surface area is 373 Å². The minimum atomic E-state index is 0.725. The molecule has 0 saturated carbocycles. The molecular formula is C60H36N4O. The molecule has 65 heavy (non-hydrogen) atoms. The summed E-state index contributed by atoms with van der Waals surface area (Å²) in [6.45, 7) is 0. The van der Waals surface area contributed by atoms with Gasteiger partial charge in [0.25, 0.3) is 6.33 Å². The molecule has 5 heterocycles. The highest BCUT2D eigenvalue weighted by Crippen LogP contribution is 2.44. The fourth-order valence-corrected chi connectivity index (χ4v) is 10.6. The predicted molar refractivity (Wildman–Crippen MR) is 265 cm³/mol. The van der Waals surface area contributed by atoms with Gasteiger partial charge in [0.1, 0.15) is 17.1 Å². The molecular weight excluding hydrogens is 793 g/mol. The van der Waals surface area contributed by atoms with E-state index < -0.39 is 0 Å². The summed E-state index contributed by atoms with van der Waals surface area (Å²) < 4.78 is 13.6. The Morgan fingerprint density at radius 2 is 0.938 bits per heavy atom. The summed E-state index contributed by atoms with van der Waals surface area (Å²) in [5, 5.41) is 9.26. The van der Waals surface area contributed by atoms with Crippen LogP contribution in [0.3, 0.4) is 0 Å². The molecule has 13 aromatic rings. The van der Waals surface area contributed by atoms with Crippen molar-refractivity contribution in [1.82, 2.24) is 14.0 Å². The largest absolute Gasteiger partial charge is 0.458 e. The average molecular weight is 829 g/mol. The van der Waals surface area contributed by atoms with Gasteiger partial charge in [-0.3, -0.25) is 13.5 Å². The van der Waals surface area contributed by atoms with E-state index in [-0.39, 0.29) is 0 Å². The number of hydrogen-bond donors (Lipinski definition) is 0. The molecule has 0 unspecified atom stereocenters. The van der Waals surface area contributed by atoms with Crippen molar-refractivity contribution in [2.24, 2.45) is 0 Å². The minimum absolute atomic E-state index is 0.725. The lowest BCUT2D eigenvalue weighted by molar-refractivity contribution is -0.571. The van der Waals surface area contributed by atoms with Gasteiger partial charge in [-0.15, -0.1) is 0 Å². The number of aromatic nitrogens is 4. The van der Waals surface area contributed by atoms with Crippen molar-refractivity contribution in [2.45, 2.75) is 0 Å².